The number of Topliss-reactive ketones (excluding diaryl/α,β-unsaturated/α-hetero) is 1. The van der Waals surface area contributed by atoms with Crippen molar-refractivity contribution in [3.8, 4) is 0 Å². The van der Waals surface area contributed by atoms with Crippen molar-refractivity contribution in [3.05, 3.63) is 47.3 Å². The van der Waals surface area contributed by atoms with Crippen molar-refractivity contribution in [2.24, 2.45) is 5.92 Å². The third kappa shape index (κ3) is 1.16. The fourth-order valence-corrected chi connectivity index (χ4v) is 2.97. The van der Waals surface area contributed by atoms with Crippen LogP contribution in [0.5, 0.6) is 0 Å². The van der Waals surface area contributed by atoms with Gasteiger partial charge in [0.05, 0.1) is 5.92 Å². The van der Waals surface area contributed by atoms with Gasteiger partial charge in [0.25, 0.3) is 0 Å². The number of ether oxygens (including phenoxy) is 1. The molecule has 2 aliphatic carbocycles. The molecule has 0 fully saturated rings. The van der Waals surface area contributed by atoms with E-state index in [1.807, 2.05) is 0 Å². The molecule has 1 aromatic carbocycles. The molecule has 2 aliphatic rings. The van der Waals surface area contributed by atoms with Crippen LogP contribution in [0.4, 0.5) is 4.39 Å². The van der Waals surface area contributed by atoms with E-state index in [-0.39, 0.29) is 18.0 Å². The van der Waals surface area contributed by atoms with Crippen LogP contribution >= 0.6 is 0 Å². The van der Waals surface area contributed by atoms with E-state index in [0.29, 0.717) is 11.1 Å². The number of carbonyl (C=O) groups is 2. The molecule has 0 aliphatic heterocycles. The molecule has 0 heterocycles. The summed E-state index contributed by atoms with van der Waals surface area (Å²) in [5.74, 6) is -2.04. The predicted octanol–water partition coefficient (Wildman–Crippen LogP) is 2.17. The highest BCUT2D eigenvalue weighted by molar-refractivity contribution is 6.08. The maximum atomic E-state index is 14.3. The first-order chi connectivity index (χ1) is 8.61. The first-order valence-corrected chi connectivity index (χ1v) is 5.70. The van der Waals surface area contributed by atoms with E-state index in [1.54, 1.807) is 24.3 Å². The van der Waals surface area contributed by atoms with Gasteiger partial charge in [-0.15, -0.1) is 0 Å². The normalized spacial score (nSPS) is 29.9. The van der Waals surface area contributed by atoms with Crippen molar-refractivity contribution in [1.82, 2.24) is 0 Å². The smallest absolute Gasteiger partial charge is 0.170 e. The Kier molecular flexibility index (Phi) is 2.25. The number of halogens is 1. The molecule has 0 radical (unpaired) electrons. The van der Waals surface area contributed by atoms with Crippen LogP contribution in [0, 0.1) is 5.92 Å². The Morgan fingerprint density at radius 3 is 2.78 bits per heavy atom. The molecule has 0 spiro atoms. The Labute approximate surface area is 103 Å². The second kappa shape index (κ2) is 3.59. The Balaban J connectivity index is 2.32. The maximum Gasteiger partial charge on any atom is 0.170 e. The fraction of sp³-hybridized carbons (Fsp3) is 0.286. The van der Waals surface area contributed by atoms with Crippen LogP contribution < -0.4 is 0 Å². The van der Waals surface area contributed by atoms with Gasteiger partial charge in [-0.25, -0.2) is 4.39 Å². The van der Waals surface area contributed by atoms with Gasteiger partial charge in [0.2, 0.25) is 0 Å². The summed E-state index contributed by atoms with van der Waals surface area (Å²) in [7, 11) is 1.37. The quantitative estimate of drug-likeness (QED) is 0.762. The number of rotatable bonds is 1. The lowest BCUT2D eigenvalue weighted by molar-refractivity contribution is -0.120. The number of ketones is 2. The molecule has 0 saturated heterocycles. The molecule has 0 saturated carbocycles. The van der Waals surface area contributed by atoms with E-state index < -0.39 is 17.3 Å². The van der Waals surface area contributed by atoms with Crippen LogP contribution in [0.1, 0.15) is 22.3 Å². The second-order valence-electron chi connectivity index (χ2n) is 4.56. The minimum atomic E-state index is -1.40. The number of methoxy groups -OCH3 is 1. The van der Waals surface area contributed by atoms with Crippen LogP contribution in [0.15, 0.2) is 36.2 Å². The van der Waals surface area contributed by atoms with Gasteiger partial charge in [0.1, 0.15) is 5.83 Å². The molecule has 18 heavy (non-hydrogen) atoms. The summed E-state index contributed by atoms with van der Waals surface area (Å²) in [6.07, 6.45) is 0.935. The molecule has 1 aromatic rings. The van der Waals surface area contributed by atoms with Crippen LogP contribution in [0.3, 0.4) is 0 Å². The third-order valence-corrected chi connectivity index (χ3v) is 3.77. The van der Waals surface area contributed by atoms with Crippen LogP contribution in [-0.4, -0.2) is 18.7 Å². The summed E-state index contributed by atoms with van der Waals surface area (Å²) in [4.78, 5) is 23.7. The molecule has 2 atom stereocenters. The average molecular weight is 246 g/mol. The first-order valence-electron chi connectivity index (χ1n) is 5.70. The summed E-state index contributed by atoms with van der Waals surface area (Å²) in [6.45, 7) is 0. The molecule has 0 amide bonds. The Hall–Kier alpha value is -1.81. The van der Waals surface area contributed by atoms with E-state index in [1.165, 1.54) is 7.11 Å². The number of hydrogen-bond donors (Lipinski definition) is 0. The molecule has 4 heteroatoms. The number of allylic oxidation sites excluding steroid dienone is 1. The van der Waals surface area contributed by atoms with E-state index >= 15 is 0 Å². The number of carbonyl (C=O) groups excluding carboxylic acids is 2. The van der Waals surface area contributed by atoms with Gasteiger partial charge in [-0.3, -0.25) is 9.59 Å². The molecule has 3 nitrogen and oxygen atoms in total. The van der Waals surface area contributed by atoms with E-state index in [2.05, 4.69) is 0 Å². The zero-order chi connectivity index (χ0) is 12.9. The monoisotopic (exact) mass is 246 g/mol. The first kappa shape index (κ1) is 11.3. The lowest BCUT2D eigenvalue weighted by Crippen LogP contribution is -2.40. The minimum Gasteiger partial charge on any atom is -0.366 e. The van der Waals surface area contributed by atoms with Crippen molar-refractivity contribution in [2.75, 3.05) is 7.11 Å². The number of fused-ring (bicyclic) bond motifs is 3. The predicted molar refractivity (Wildman–Crippen MR) is 61.8 cm³/mol. The van der Waals surface area contributed by atoms with E-state index in [4.69, 9.17) is 4.74 Å². The molecule has 2 unspecified atom stereocenters. The number of hydrogen-bond acceptors (Lipinski definition) is 3. The minimum absolute atomic E-state index is 0.00519. The third-order valence-electron chi connectivity index (χ3n) is 3.77. The van der Waals surface area contributed by atoms with Gasteiger partial charge in [-0.1, -0.05) is 24.3 Å². The van der Waals surface area contributed by atoms with Gasteiger partial charge in [0.15, 0.2) is 17.2 Å². The van der Waals surface area contributed by atoms with Crippen molar-refractivity contribution < 1.29 is 18.7 Å². The second-order valence-corrected chi connectivity index (χ2v) is 4.56. The van der Waals surface area contributed by atoms with Crippen molar-refractivity contribution in [3.63, 3.8) is 0 Å². The van der Waals surface area contributed by atoms with Gasteiger partial charge >= 0.3 is 0 Å². The maximum absolute atomic E-state index is 14.3. The number of benzene rings is 1. The van der Waals surface area contributed by atoms with Gasteiger partial charge < -0.3 is 4.74 Å². The standard InChI is InChI=1S/C14H11FO3/c1-18-14-10-5-3-2-4-9(10)13(17)11(14)6-8(16)7-12(14)15/h2-5,7,11H,6H2,1H3. The highest BCUT2D eigenvalue weighted by Crippen LogP contribution is 2.52. The van der Waals surface area contributed by atoms with Crippen molar-refractivity contribution in [2.45, 2.75) is 12.0 Å². The SMILES string of the molecule is COC12C(F)=CC(=O)CC1C(=O)c1ccccc12. The van der Waals surface area contributed by atoms with E-state index in [0.717, 1.165) is 6.08 Å². The zero-order valence-electron chi connectivity index (χ0n) is 9.77. The Morgan fingerprint density at radius 2 is 2.06 bits per heavy atom. The Morgan fingerprint density at radius 1 is 1.33 bits per heavy atom. The highest BCUT2D eigenvalue weighted by Gasteiger charge is 2.57. The fourth-order valence-electron chi connectivity index (χ4n) is 2.97. The summed E-state index contributed by atoms with van der Waals surface area (Å²) in [6, 6.07) is 6.79. The van der Waals surface area contributed by atoms with E-state index in [9.17, 15) is 14.0 Å². The van der Waals surface area contributed by atoms with Crippen LogP contribution in [-0.2, 0) is 15.1 Å². The summed E-state index contributed by atoms with van der Waals surface area (Å²) in [5.41, 5.74) is -0.437. The molecular weight excluding hydrogens is 235 g/mol. The van der Waals surface area contributed by atoms with Crippen molar-refractivity contribution >= 4 is 11.6 Å². The zero-order valence-corrected chi connectivity index (χ0v) is 9.77. The molecule has 0 aromatic heterocycles. The Bertz CT molecular complexity index is 590. The van der Waals surface area contributed by atoms with Crippen LogP contribution in [0.25, 0.3) is 0 Å². The largest absolute Gasteiger partial charge is 0.366 e. The topological polar surface area (TPSA) is 43.4 Å². The summed E-state index contributed by atoms with van der Waals surface area (Å²) in [5, 5.41) is 0. The summed E-state index contributed by atoms with van der Waals surface area (Å²) >= 11 is 0. The molecule has 0 N–H and O–H groups in total. The van der Waals surface area contributed by atoms with Crippen LogP contribution in [0.2, 0.25) is 0 Å². The molecule has 3 rings (SSSR count). The lowest BCUT2D eigenvalue weighted by atomic mass is 9.78. The summed E-state index contributed by atoms with van der Waals surface area (Å²) < 4.78 is 19.6. The van der Waals surface area contributed by atoms with Crippen molar-refractivity contribution in [1.29, 1.82) is 0 Å². The molecule has 92 valence electrons. The molecular formula is C14H11FO3. The lowest BCUT2D eigenvalue weighted by Gasteiger charge is -2.34. The highest BCUT2D eigenvalue weighted by atomic mass is 19.1. The average Bonchev–Trinajstić information content (AvgIpc) is 2.61. The van der Waals surface area contributed by atoms with Gasteiger partial charge in [-0.05, 0) is 0 Å². The van der Waals surface area contributed by atoms with Gasteiger partial charge in [-0.2, -0.15) is 0 Å². The molecule has 0 bridgehead atoms. The van der Waals surface area contributed by atoms with Gasteiger partial charge in [0, 0.05) is 30.7 Å².